The number of ether oxygens (including phenoxy) is 1. The summed E-state index contributed by atoms with van der Waals surface area (Å²) in [6.07, 6.45) is 4.73. The molecule has 1 heterocycles. The van der Waals surface area contributed by atoms with Crippen LogP contribution in [0.2, 0.25) is 0 Å². The summed E-state index contributed by atoms with van der Waals surface area (Å²) in [7, 11) is 0. The summed E-state index contributed by atoms with van der Waals surface area (Å²) >= 11 is 0. The quantitative estimate of drug-likeness (QED) is 0.258. The highest BCUT2D eigenvalue weighted by Gasteiger charge is 2.47. The fourth-order valence-corrected chi connectivity index (χ4v) is 4.47. The third-order valence-corrected chi connectivity index (χ3v) is 6.29. The third kappa shape index (κ3) is 5.17. The lowest BCUT2D eigenvalue weighted by Crippen LogP contribution is -2.55. The van der Waals surface area contributed by atoms with Crippen LogP contribution in [-0.2, 0) is 11.4 Å². The van der Waals surface area contributed by atoms with Crippen molar-refractivity contribution in [2.75, 3.05) is 4.90 Å². The van der Waals surface area contributed by atoms with Crippen molar-refractivity contribution in [3.63, 3.8) is 0 Å². The number of hydrogen-bond acceptors (Lipinski definition) is 2. The molecule has 4 heteroatoms. The SMILES string of the molecule is O=C1[C@H](C/C=C/c2ccccc2)[C@@H](c2ccc(OCc3ccccc3)cc2)N1c1ccc(F)cc1. The summed E-state index contributed by atoms with van der Waals surface area (Å²) < 4.78 is 19.4. The molecule has 1 fully saturated rings. The molecule has 0 radical (unpaired) electrons. The highest BCUT2D eigenvalue weighted by atomic mass is 19.1. The number of benzene rings is 4. The Morgan fingerprint density at radius 3 is 2.14 bits per heavy atom. The third-order valence-electron chi connectivity index (χ3n) is 6.29. The molecule has 35 heavy (non-hydrogen) atoms. The molecule has 1 saturated heterocycles. The van der Waals surface area contributed by atoms with E-state index in [0.29, 0.717) is 18.7 Å². The molecule has 2 atom stereocenters. The molecule has 0 N–H and O–H groups in total. The van der Waals surface area contributed by atoms with Gasteiger partial charge in [-0.15, -0.1) is 0 Å². The minimum Gasteiger partial charge on any atom is -0.489 e. The zero-order valence-corrected chi connectivity index (χ0v) is 19.3. The van der Waals surface area contributed by atoms with Crippen molar-refractivity contribution < 1.29 is 13.9 Å². The van der Waals surface area contributed by atoms with Crippen LogP contribution in [0, 0.1) is 11.7 Å². The maximum absolute atomic E-state index is 13.5. The number of carbonyl (C=O) groups excluding carboxylic acids is 1. The molecule has 0 unspecified atom stereocenters. The lowest BCUT2D eigenvalue weighted by Gasteiger charge is -2.47. The van der Waals surface area contributed by atoms with Gasteiger partial charge in [0.15, 0.2) is 0 Å². The molecule has 0 aliphatic carbocycles. The van der Waals surface area contributed by atoms with Crippen molar-refractivity contribution >= 4 is 17.7 Å². The van der Waals surface area contributed by atoms with Crippen molar-refractivity contribution in [3.8, 4) is 5.75 Å². The number of carbonyl (C=O) groups is 1. The standard InChI is InChI=1S/C31H26FNO2/c32-26-16-18-27(19-17-26)33-30(29(31(33)34)13-7-12-23-8-3-1-4-9-23)25-14-20-28(21-15-25)35-22-24-10-5-2-6-11-24/h1-12,14-21,29-30H,13,22H2/b12-7+/t29-,30-/m1/s1. The van der Waals surface area contributed by atoms with Crippen molar-refractivity contribution in [2.24, 2.45) is 5.92 Å². The number of amides is 1. The van der Waals surface area contributed by atoms with E-state index < -0.39 is 0 Å². The summed E-state index contributed by atoms with van der Waals surface area (Å²) in [5.41, 5.74) is 3.94. The highest BCUT2D eigenvalue weighted by Crippen LogP contribution is 2.45. The average Bonchev–Trinajstić information content (AvgIpc) is 2.91. The van der Waals surface area contributed by atoms with Crippen LogP contribution in [0.4, 0.5) is 10.1 Å². The summed E-state index contributed by atoms with van der Waals surface area (Å²) in [5.74, 6) is 0.317. The van der Waals surface area contributed by atoms with Gasteiger partial charge in [0.2, 0.25) is 5.91 Å². The molecule has 5 rings (SSSR count). The fourth-order valence-electron chi connectivity index (χ4n) is 4.47. The van der Waals surface area contributed by atoms with Crippen molar-refractivity contribution in [1.82, 2.24) is 0 Å². The topological polar surface area (TPSA) is 29.5 Å². The van der Waals surface area contributed by atoms with Crippen LogP contribution in [-0.4, -0.2) is 5.91 Å². The molecule has 0 saturated carbocycles. The Balaban J connectivity index is 1.34. The van der Waals surface area contributed by atoms with Crippen LogP contribution in [0.25, 0.3) is 6.08 Å². The Kier molecular flexibility index (Phi) is 6.71. The Morgan fingerprint density at radius 2 is 1.46 bits per heavy atom. The number of β-lactam (4-membered cyclic amide) rings is 1. The summed E-state index contributed by atoms with van der Waals surface area (Å²) in [4.78, 5) is 14.9. The van der Waals surface area contributed by atoms with E-state index in [9.17, 15) is 9.18 Å². The van der Waals surface area contributed by atoms with Gasteiger partial charge in [-0.1, -0.05) is 84.9 Å². The van der Waals surface area contributed by atoms with Crippen molar-refractivity contribution in [2.45, 2.75) is 19.1 Å². The van der Waals surface area contributed by atoms with E-state index in [1.165, 1.54) is 12.1 Å². The number of hydrogen-bond donors (Lipinski definition) is 0. The number of rotatable bonds is 8. The monoisotopic (exact) mass is 463 g/mol. The van der Waals surface area contributed by atoms with Crippen molar-refractivity contribution in [3.05, 3.63) is 138 Å². The first-order chi connectivity index (χ1) is 17.2. The zero-order chi connectivity index (χ0) is 24.0. The van der Waals surface area contributed by atoms with Gasteiger partial charge < -0.3 is 9.64 Å². The van der Waals surface area contributed by atoms with E-state index in [1.54, 1.807) is 17.0 Å². The van der Waals surface area contributed by atoms with Gasteiger partial charge in [-0.3, -0.25) is 4.79 Å². The minimum absolute atomic E-state index is 0.0451. The van der Waals surface area contributed by atoms with Gasteiger partial charge in [0, 0.05) is 5.69 Å². The maximum atomic E-state index is 13.5. The summed E-state index contributed by atoms with van der Waals surface area (Å²) in [6, 6.07) is 34.0. The second-order valence-corrected chi connectivity index (χ2v) is 8.63. The molecular weight excluding hydrogens is 437 g/mol. The zero-order valence-electron chi connectivity index (χ0n) is 19.3. The molecule has 174 valence electrons. The first-order valence-electron chi connectivity index (χ1n) is 11.8. The normalized spacial score (nSPS) is 17.4. The van der Waals surface area contributed by atoms with Crippen LogP contribution in [0.3, 0.4) is 0 Å². The van der Waals surface area contributed by atoms with Crippen LogP contribution in [0.5, 0.6) is 5.75 Å². The first-order valence-corrected chi connectivity index (χ1v) is 11.8. The number of nitrogens with zero attached hydrogens (tertiary/aromatic N) is 1. The van der Waals surface area contributed by atoms with Crippen LogP contribution in [0.15, 0.2) is 115 Å². The van der Waals surface area contributed by atoms with Gasteiger partial charge in [-0.25, -0.2) is 4.39 Å². The molecule has 1 aliphatic rings. The largest absolute Gasteiger partial charge is 0.489 e. The van der Waals surface area contributed by atoms with Gasteiger partial charge in [0.05, 0.1) is 12.0 Å². The van der Waals surface area contributed by atoms with E-state index >= 15 is 0 Å². The molecule has 3 nitrogen and oxygen atoms in total. The smallest absolute Gasteiger partial charge is 0.233 e. The Hall–Kier alpha value is -4.18. The molecule has 0 aromatic heterocycles. The molecule has 1 aliphatic heterocycles. The Bertz CT molecular complexity index is 1290. The molecule has 0 spiro atoms. The highest BCUT2D eigenvalue weighted by molar-refractivity contribution is 6.03. The molecular formula is C31H26FNO2. The minimum atomic E-state index is -0.319. The molecule has 4 aromatic rings. The van der Waals surface area contributed by atoms with Gasteiger partial charge in [-0.05, 0) is 59.5 Å². The lowest BCUT2D eigenvalue weighted by molar-refractivity contribution is -0.130. The van der Waals surface area contributed by atoms with E-state index in [2.05, 4.69) is 6.08 Å². The van der Waals surface area contributed by atoms with Crippen LogP contribution >= 0.6 is 0 Å². The van der Waals surface area contributed by atoms with Crippen LogP contribution < -0.4 is 9.64 Å². The number of allylic oxidation sites excluding steroid dienone is 1. The number of anilines is 1. The van der Waals surface area contributed by atoms with E-state index in [0.717, 1.165) is 22.4 Å². The molecule has 1 amide bonds. The Labute approximate surface area is 205 Å². The van der Waals surface area contributed by atoms with Gasteiger partial charge in [-0.2, -0.15) is 0 Å². The van der Waals surface area contributed by atoms with Gasteiger partial charge >= 0.3 is 0 Å². The average molecular weight is 464 g/mol. The second kappa shape index (κ2) is 10.4. The Morgan fingerprint density at radius 1 is 0.800 bits per heavy atom. The lowest BCUT2D eigenvalue weighted by atomic mass is 9.79. The number of halogens is 1. The predicted molar refractivity (Wildman–Crippen MR) is 137 cm³/mol. The van der Waals surface area contributed by atoms with E-state index in [4.69, 9.17) is 4.74 Å². The van der Waals surface area contributed by atoms with Crippen LogP contribution in [0.1, 0.15) is 29.2 Å². The summed E-state index contributed by atoms with van der Waals surface area (Å²) in [5, 5.41) is 0. The van der Waals surface area contributed by atoms with E-state index in [1.807, 2.05) is 91.0 Å². The van der Waals surface area contributed by atoms with Crippen molar-refractivity contribution in [1.29, 1.82) is 0 Å². The van der Waals surface area contributed by atoms with Gasteiger partial charge in [0.1, 0.15) is 18.2 Å². The molecule has 4 aromatic carbocycles. The maximum Gasteiger partial charge on any atom is 0.233 e. The second-order valence-electron chi connectivity index (χ2n) is 8.63. The first kappa shape index (κ1) is 22.6. The van der Waals surface area contributed by atoms with Gasteiger partial charge in [0.25, 0.3) is 0 Å². The predicted octanol–water partition coefficient (Wildman–Crippen LogP) is 7.21. The summed E-state index contributed by atoms with van der Waals surface area (Å²) in [6.45, 7) is 0.497. The van der Waals surface area contributed by atoms with E-state index in [-0.39, 0.29) is 23.7 Å². The fraction of sp³-hybridized carbons (Fsp3) is 0.129. The molecule has 0 bridgehead atoms.